The van der Waals surface area contributed by atoms with Crippen LogP contribution in [-0.4, -0.2) is 72.9 Å². The van der Waals surface area contributed by atoms with Gasteiger partial charge in [-0.1, -0.05) is 0 Å². The summed E-state index contributed by atoms with van der Waals surface area (Å²) in [5, 5.41) is 69.2. The molecule has 1 aliphatic rings. The Balaban J connectivity index is 1.89. The normalized spacial score (nSPS) is 21.8. The molecule has 35 heavy (non-hydrogen) atoms. The first-order chi connectivity index (χ1) is 16.5. The largest absolute Gasteiger partial charge is 0.508 e. The van der Waals surface area contributed by atoms with E-state index in [9.17, 15) is 45.3 Å². The van der Waals surface area contributed by atoms with Crippen molar-refractivity contribution in [2.75, 3.05) is 6.61 Å². The summed E-state index contributed by atoms with van der Waals surface area (Å²) in [7, 11) is 0. The number of aliphatic hydroxyl groups is 2. The zero-order valence-electron chi connectivity index (χ0n) is 17.9. The Labute approximate surface area is 195 Å². The number of carbonyl (C=O) groups excluding carboxylic acids is 1. The van der Waals surface area contributed by atoms with Gasteiger partial charge in [0.1, 0.15) is 28.6 Å². The van der Waals surface area contributed by atoms with Gasteiger partial charge in [0, 0.05) is 24.6 Å². The van der Waals surface area contributed by atoms with Crippen LogP contribution in [0.2, 0.25) is 0 Å². The lowest BCUT2D eigenvalue weighted by Crippen LogP contribution is -2.39. The summed E-state index contributed by atoms with van der Waals surface area (Å²) in [6.45, 7) is 0.404. The maximum Gasteiger partial charge on any atom is 0.303 e. The number of hydrogen-bond donors (Lipinski definition) is 7. The van der Waals surface area contributed by atoms with Gasteiger partial charge in [-0.15, -0.1) is 0 Å². The highest BCUT2D eigenvalue weighted by Gasteiger charge is 2.48. The van der Waals surface area contributed by atoms with Gasteiger partial charge in [0.2, 0.25) is 17.5 Å². The lowest BCUT2D eigenvalue weighted by molar-refractivity contribution is -0.153. The molecule has 1 aliphatic heterocycles. The monoisotopic (exact) mass is 492 g/mol. The van der Waals surface area contributed by atoms with E-state index in [2.05, 4.69) is 0 Å². The van der Waals surface area contributed by atoms with Crippen molar-refractivity contribution in [3.8, 4) is 45.8 Å². The molecule has 1 saturated heterocycles. The van der Waals surface area contributed by atoms with Gasteiger partial charge >= 0.3 is 5.97 Å². The Morgan fingerprint density at radius 1 is 1.03 bits per heavy atom. The number of aromatic hydroxyl groups is 5. The van der Waals surface area contributed by atoms with Gasteiger partial charge in [0.05, 0.1) is 6.61 Å². The number of aliphatic hydroxyl groups excluding tert-OH is 2. The molecule has 0 radical (unpaired) electrons. The zero-order valence-corrected chi connectivity index (χ0v) is 17.9. The molecule has 0 amide bonds. The molecule has 0 spiro atoms. The Morgan fingerprint density at radius 2 is 1.69 bits per heavy atom. The van der Waals surface area contributed by atoms with E-state index < -0.39 is 88.3 Å². The number of carbonyl (C=O) groups is 1. The Morgan fingerprint density at radius 3 is 2.29 bits per heavy atom. The standard InChI is InChI=1S/C22H20O13/c1-7(24)32-20-14(6-23)34-22(18(20)31)35-21-17(30)15-10(26)4-9(25)5-13(15)33-19(21)8-2-11(27)16(29)12(28)3-8/h2-5,14,18,20,22-23,25-29,31H,6H2,1H3. The van der Waals surface area contributed by atoms with Gasteiger partial charge < -0.3 is 54.4 Å². The predicted molar refractivity (Wildman–Crippen MR) is 114 cm³/mol. The van der Waals surface area contributed by atoms with Crippen molar-refractivity contribution in [1.29, 1.82) is 0 Å². The Hall–Kier alpha value is -4.20. The number of benzene rings is 2. The Kier molecular flexibility index (Phi) is 6.06. The van der Waals surface area contributed by atoms with Crippen LogP contribution in [0.4, 0.5) is 0 Å². The third-order valence-electron chi connectivity index (χ3n) is 5.26. The third-order valence-corrected chi connectivity index (χ3v) is 5.26. The number of phenolic OH excluding ortho intramolecular Hbond substituents is 5. The molecule has 1 aromatic heterocycles. The fourth-order valence-corrected chi connectivity index (χ4v) is 3.70. The summed E-state index contributed by atoms with van der Waals surface area (Å²) >= 11 is 0. The molecule has 4 unspecified atom stereocenters. The summed E-state index contributed by atoms with van der Waals surface area (Å²) in [6.07, 6.45) is -5.89. The summed E-state index contributed by atoms with van der Waals surface area (Å²) in [4.78, 5) is 24.7. The van der Waals surface area contributed by atoms with Crippen LogP contribution in [0, 0.1) is 0 Å². The van der Waals surface area contributed by atoms with Gasteiger partial charge in [-0.25, -0.2) is 0 Å². The van der Waals surface area contributed by atoms with E-state index in [0.717, 1.165) is 31.2 Å². The molecule has 2 heterocycles. The van der Waals surface area contributed by atoms with E-state index in [1.54, 1.807) is 0 Å². The molecule has 2 aromatic carbocycles. The molecule has 13 nitrogen and oxygen atoms in total. The van der Waals surface area contributed by atoms with Crippen LogP contribution in [0.3, 0.4) is 0 Å². The SMILES string of the molecule is CC(=O)OC1C(CO)OC(Oc2c(-c3cc(O)c(O)c(O)c3)oc3cc(O)cc(O)c3c2=O)C1O. The minimum absolute atomic E-state index is 0.183. The maximum atomic E-state index is 13.3. The van der Waals surface area contributed by atoms with E-state index in [1.165, 1.54) is 0 Å². The minimum atomic E-state index is -1.67. The van der Waals surface area contributed by atoms with E-state index in [1.807, 2.05) is 0 Å². The second kappa shape index (κ2) is 8.87. The van der Waals surface area contributed by atoms with Crippen molar-refractivity contribution in [2.24, 2.45) is 0 Å². The van der Waals surface area contributed by atoms with E-state index in [0.29, 0.717) is 0 Å². The molecule has 0 bridgehead atoms. The molecule has 1 fully saturated rings. The molecule has 186 valence electrons. The highest BCUT2D eigenvalue weighted by atomic mass is 16.7. The van der Waals surface area contributed by atoms with Gasteiger partial charge in [0.25, 0.3) is 0 Å². The van der Waals surface area contributed by atoms with Crippen molar-refractivity contribution in [2.45, 2.75) is 31.5 Å². The number of fused-ring (bicyclic) bond motifs is 1. The average molecular weight is 492 g/mol. The Bertz CT molecular complexity index is 1340. The summed E-state index contributed by atoms with van der Waals surface area (Å²) in [5.41, 5.74) is -1.49. The molecule has 13 heteroatoms. The summed E-state index contributed by atoms with van der Waals surface area (Å²) in [6, 6.07) is 3.75. The third kappa shape index (κ3) is 4.23. The second-order valence-electron chi connectivity index (χ2n) is 7.70. The number of esters is 1. The molecular weight excluding hydrogens is 472 g/mol. The van der Waals surface area contributed by atoms with Crippen molar-refractivity contribution >= 4 is 16.9 Å². The average Bonchev–Trinajstić information content (AvgIpc) is 3.06. The van der Waals surface area contributed by atoms with Gasteiger partial charge in [0.15, 0.2) is 35.2 Å². The molecule has 0 aliphatic carbocycles. The fraction of sp³-hybridized carbons (Fsp3) is 0.273. The predicted octanol–water partition coefficient (Wildman–Crippen LogP) is 0.377. The first-order valence-electron chi connectivity index (χ1n) is 10.1. The number of phenols is 5. The van der Waals surface area contributed by atoms with Crippen molar-refractivity contribution in [3.63, 3.8) is 0 Å². The van der Waals surface area contributed by atoms with Crippen LogP contribution in [0.15, 0.2) is 33.5 Å². The first kappa shape index (κ1) is 23.9. The van der Waals surface area contributed by atoms with Crippen LogP contribution in [0.25, 0.3) is 22.3 Å². The molecule has 7 N–H and O–H groups in total. The fourth-order valence-electron chi connectivity index (χ4n) is 3.70. The quantitative estimate of drug-likeness (QED) is 0.189. The smallest absolute Gasteiger partial charge is 0.303 e. The molecule has 4 rings (SSSR count). The highest BCUT2D eigenvalue weighted by Crippen LogP contribution is 2.43. The van der Waals surface area contributed by atoms with Gasteiger partial charge in [-0.3, -0.25) is 9.59 Å². The van der Waals surface area contributed by atoms with E-state index in [4.69, 9.17) is 18.6 Å². The minimum Gasteiger partial charge on any atom is -0.508 e. The van der Waals surface area contributed by atoms with Crippen LogP contribution in [-0.2, 0) is 14.3 Å². The first-order valence-corrected chi connectivity index (χ1v) is 10.1. The second-order valence-corrected chi connectivity index (χ2v) is 7.70. The van der Waals surface area contributed by atoms with Crippen molar-refractivity contribution in [1.82, 2.24) is 0 Å². The zero-order chi connectivity index (χ0) is 25.6. The van der Waals surface area contributed by atoms with E-state index >= 15 is 0 Å². The lowest BCUT2D eigenvalue weighted by atomic mass is 10.1. The summed E-state index contributed by atoms with van der Waals surface area (Å²) in [5.74, 6) is -5.42. The van der Waals surface area contributed by atoms with Crippen molar-refractivity contribution in [3.05, 3.63) is 34.5 Å². The number of rotatable bonds is 5. The molecule has 4 atom stereocenters. The van der Waals surface area contributed by atoms with Crippen molar-refractivity contribution < 1.29 is 59.2 Å². The van der Waals surface area contributed by atoms with E-state index in [-0.39, 0.29) is 11.1 Å². The van der Waals surface area contributed by atoms with Crippen LogP contribution in [0.1, 0.15) is 6.92 Å². The van der Waals surface area contributed by atoms with Crippen LogP contribution >= 0.6 is 0 Å². The molecule has 3 aromatic rings. The summed E-state index contributed by atoms with van der Waals surface area (Å²) < 4.78 is 21.6. The lowest BCUT2D eigenvalue weighted by Gasteiger charge is -2.20. The highest BCUT2D eigenvalue weighted by molar-refractivity contribution is 5.88. The molecule has 0 saturated carbocycles. The van der Waals surface area contributed by atoms with Crippen LogP contribution < -0.4 is 10.2 Å². The molecular formula is C22H20O13. The van der Waals surface area contributed by atoms with Gasteiger partial charge in [-0.2, -0.15) is 0 Å². The maximum absolute atomic E-state index is 13.3. The topological polar surface area (TPSA) is 217 Å². The van der Waals surface area contributed by atoms with Gasteiger partial charge in [-0.05, 0) is 12.1 Å². The number of hydrogen-bond acceptors (Lipinski definition) is 13. The van der Waals surface area contributed by atoms with Crippen LogP contribution in [0.5, 0.6) is 34.5 Å². The number of ether oxygens (including phenoxy) is 3.